The SMILES string of the molecule is Cc1ccccc1NC(=O)COC(=O)[C@@H](NC(=O)c1ccc(F)cc1)C(C)C. The fourth-order valence-electron chi connectivity index (χ4n) is 2.45. The minimum atomic E-state index is -0.941. The highest BCUT2D eigenvalue weighted by Crippen LogP contribution is 2.13. The lowest BCUT2D eigenvalue weighted by molar-refractivity contribution is -0.150. The molecule has 0 aliphatic carbocycles. The van der Waals surface area contributed by atoms with Gasteiger partial charge in [-0.25, -0.2) is 9.18 Å². The molecule has 2 rings (SSSR count). The zero-order valence-corrected chi connectivity index (χ0v) is 16.0. The van der Waals surface area contributed by atoms with E-state index in [1.807, 2.05) is 19.1 Å². The van der Waals surface area contributed by atoms with Crippen molar-refractivity contribution in [3.8, 4) is 0 Å². The van der Waals surface area contributed by atoms with E-state index >= 15 is 0 Å². The first-order valence-electron chi connectivity index (χ1n) is 8.86. The summed E-state index contributed by atoms with van der Waals surface area (Å²) in [5.41, 5.74) is 1.74. The van der Waals surface area contributed by atoms with Crippen LogP contribution in [0.5, 0.6) is 0 Å². The number of rotatable bonds is 7. The monoisotopic (exact) mass is 386 g/mol. The highest BCUT2D eigenvalue weighted by molar-refractivity contribution is 5.97. The summed E-state index contributed by atoms with van der Waals surface area (Å²) in [6.07, 6.45) is 0. The molecule has 0 radical (unpaired) electrons. The number of nitrogens with one attached hydrogen (secondary N) is 2. The van der Waals surface area contributed by atoms with Crippen molar-refractivity contribution in [3.05, 3.63) is 65.5 Å². The number of para-hydroxylation sites is 1. The fourth-order valence-corrected chi connectivity index (χ4v) is 2.45. The third-order valence-corrected chi connectivity index (χ3v) is 4.08. The maximum Gasteiger partial charge on any atom is 0.329 e. The standard InChI is InChI=1S/C21H23FN2O4/c1-13(2)19(24-20(26)15-8-10-16(22)11-9-15)21(27)28-12-18(25)23-17-7-5-4-6-14(17)3/h4-11,13,19H,12H2,1-3H3,(H,23,25)(H,24,26)/t19-/m0/s1. The van der Waals surface area contributed by atoms with E-state index in [0.717, 1.165) is 17.7 Å². The average Bonchev–Trinajstić information content (AvgIpc) is 2.66. The van der Waals surface area contributed by atoms with Crippen molar-refractivity contribution in [2.45, 2.75) is 26.8 Å². The molecule has 0 heterocycles. The van der Waals surface area contributed by atoms with Gasteiger partial charge in [-0.3, -0.25) is 9.59 Å². The molecular formula is C21H23FN2O4. The Morgan fingerprint density at radius 1 is 1.04 bits per heavy atom. The number of amides is 2. The summed E-state index contributed by atoms with van der Waals surface area (Å²) in [5, 5.41) is 5.23. The Morgan fingerprint density at radius 3 is 2.29 bits per heavy atom. The second kappa shape index (κ2) is 9.64. The molecule has 0 unspecified atom stereocenters. The van der Waals surface area contributed by atoms with Gasteiger partial charge in [0.25, 0.3) is 11.8 Å². The minimum absolute atomic E-state index is 0.220. The number of ether oxygens (including phenoxy) is 1. The molecule has 0 bridgehead atoms. The molecular weight excluding hydrogens is 363 g/mol. The van der Waals surface area contributed by atoms with Crippen molar-refractivity contribution in [1.29, 1.82) is 0 Å². The van der Waals surface area contributed by atoms with E-state index < -0.39 is 36.2 Å². The highest BCUT2D eigenvalue weighted by Gasteiger charge is 2.26. The van der Waals surface area contributed by atoms with Crippen LogP contribution in [-0.2, 0) is 14.3 Å². The van der Waals surface area contributed by atoms with Crippen LogP contribution in [-0.4, -0.2) is 30.4 Å². The lowest BCUT2D eigenvalue weighted by atomic mass is 10.0. The molecule has 148 valence electrons. The van der Waals surface area contributed by atoms with Gasteiger partial charge in [0.05, 0.1) is 0 Å². The molecule has 2 N–H and O–H groups in total. The van der Waals surface area contributed by atoms with Crippen LogP contribution < -0.4 is 10.6 Å². The summed E-state index contributed by atoms with van der Waals surface area (Å²) in [7, 11) is 0. The number of esters is 1. The normalized spacial score (nSPS) is 11.6. The zero-order chi connectivity index (χ0) is 20.7. The lowest BCUT2D eigenvalue weighted by Crippen LogP contribution is -2.45. The maximum absolute atomic E-state index is 13.0. The van der Waals surface area contributed by atoms with Gasteiger partial charge >= 0.3 is 5.97 Å². The summed E-state index contributed by atoms with van der Waals surface area (Å²) in [6.45, 7) is 4.86. The number of halogens is 1. The van der Waals surface area contributed by atoms with Crippen LogP contribution in [0, 0.1) is 18.7 Å². The predicted octanol–water partition coefficient (Wildman–Crippen LogP) is 3.07. The topological polar surface area (TPSA) is 84.5 Å². The summed E-state index contributed by atoms with van der Waals surface area (Å²) in [4.78, 5) is 36.6. The quantitative estimate of drug-likeness (QED) is 0.717. The lowest BCUT2D eigenvalue weighted by Gasteiger charge is -2.21. The number of anilines is 1. The van der Waals surface area contributed by atoms with Gasteiger partial charge in [-0.1, -0.05) is 32.0 Å². The van der Waals surface area contributed by atoms with Crippen molar-refractivity contribution in [1.82, 2.24) is 5.32 Å². The van der Waals surface area contributed by atoms with Gasteiger partial charge in [0.2, 0.25) is 0 Å². The fraction of sp³-hybridized carbons (Fsp3) is 0.286. The van der Waals surface area contributed by atoms with Crippen molar-refractivity contribution in [2.75, 3.05) is 11.9 Å². The van der Waals surface area contributed by atoms with Crippen LogP contribution in [0.3, 0.4) is 0 Å². The summed E-state index contributed by atoms with van der Waals surface area (Å²) in [6, 6.07) is 11.3. The van der Waals surface area contributed by atoms with Crippen LogP contribution in [0.15, 0.2) is 48.5 Å². The highest BCUT2D eigenvalue weighted by atomic mass is 19.1. The van der Waals surface area contributed by atoms with E-state index in [1.165, 1.54) is 12.1 Å². The van der Waals surface area contributed by atoms with Gasteiger partial charge in [-0.2, -0.15) is 0 Å². The van der Waals surface area contributed by atoms with Crippen molar-refractivity contribution >= 4 is 23.5 Å². The molecule has 28 heavy (non-hydrogen) atoms. The Kier molecular flexibility index (Phi) is 7.26. The zero-order valence-electron chi connectivity index (χ0n) is 16.0. The van der Waals surface area contributed by atoms with Gasteiger partial charge in [0.1, 0.15) is 11.9 Å². The Balaban J connectivity index is 1.93. The van der Waals surface area contributed by atoms with Crippen LogP contribution in [0.25, 0.3) is 0 Å². The molecule has 2 aromatic carbocycles. The van der Waals surface area contributed by atoms with Crippen molar-refractivity contribution in [3.63, 3.8) is 0 Å². The number of benzene rings is 2. The molecule has 7 heteroatoms. The van der Waals surface area contributed by atoms with E-state index in [4.69, 9.17) is 4.74 Å². The van der Waals surface area contributed by atoms with E-state index in [1.54, 1.807) is 26.0 Å². The molecule has 0 aliphatic rings. The van der Waals surface area contributed by atoms with Crippen LogP contribution in [0.2, 0.25) is 0 Å². The van der Waals surface area contributed by atoms with Crippen LogP contribution >= 0.6 is 0 Å². The average molecular weight is 386 g/mol. The number of aryl methyl sites for hydroxylation is 1. The second-order valence-electron chi connectivity index (χ2n) is 6.67. The number of hydrogen-bond acceptors (Lipinski definition) is 4. The summed E-state index contributed by atoms with van der Waals surface area (Å²) >= 11 is 0. The Hall–Kier alpha value is -3.22. The molecule has 0 aliphatic heterocycles. The molecule has 2 aromatic rings. The van der Waals surface area contributed by atoms with E-state index in [9.17, 15) is 18.8 Å². The molecule has 2 amide bonds. The molecule has 6 nitrogen and oxygen atoms in total. The van der Waals surface area contributed by atoms with Gasteiger partial charge in [-0.05, 0) is 48.7 Å². The summed E-state index contributed by atoms with van der Waals surface area (Å²) < 4.78 is 18.1. The molecule has 0 spiro atoms. The first kappa shape index (κ1) is 21.1. The summed E-state index contributed by atoms with van der Waals surface area (Å²) in [5.74, 6) is -2.45. The largest absolute Gasteiger partial charge is 0.454 e. The molecule has 0 aromatic heterocycles. The first-order chi connectivity index (χ1) is 13.3. The maximum atomic E-state index is 13.0. The van der Waals surface area contributed by atoms with E-state index in [2.05, 4.69) is 10.6 Å². The number of carbonyl (C=O) groups is 3. The van der Waals surface area contributed by atoms with Crippen molar-refractivity contribution < 1.29 is 23.5 Å². The molecule has 0 saturated heterocycles. The Morgan fingerprint density at radius 2 is 1.68 bits per heavy atom. The smallest absolute Gasteiger partial charge is 0.329 e. The van der Waals surface area contributed by atoms with Crippen LogP contribution in [0.1, 0.15) is 29.8 Å². The third kappa shape index (κ3) is 5.90. The van der Waals surface area contributed by atoms with E-state index in [-0.39, 0.29) is 11.5 Å². The molecule has 1 atom stereocenters. The predicted molar refractivity (Wildman–Crippen MR) is 103 cm³/mol. The van der Waals surface area contributed by atoms with Crippen LogP contribution in [0.4, 0.5) is 10.1 Å². The Labute approximate surface area is 163 Å². The van der Waals surface area contributed by atoms with Gasteiger partial charge in [0, 0.05) is 11.3 Å². The molecule has 0 saturated carbocycles. The second-order valence-corrected chi connectivity index (χ2v) is 6.67. The minimum Gasteiger partial charge on any atom is -0.454 e. The van der Waals surface area contributed by atoms with Gasteiger partial charge < -0.3 is 15.4 Å². The third-order valence-electron chi connectivity index (χ3n) is 4.08. The van der Waals surface area contributed by atoms with Gasteiger partial charge in [-0.15, -0.1) is 0 Å². The number of carbonyl (C=O) groups excluding carboxylic acids is 3. The van der Waals surface area contributed by atoms with E-state index in [0.29, 0.717) is 5.69 Å². The van der Waals surface area contributed by atoms with Crippen molar-refractivity contribution in [2.24, 2.45) is 5.92 Å². The first-order valence-corrected chi connectivity index (χ1v) is 8.86. The number of hydrogen-bond donors (Lipinski definition) is 2. The Bertz CT molecular complexity index is 850. The van der Waals surface area contributed by atoms with Gasteiger partial charge in [0.15, 0.2) is 6.61 Å². The molecule has 0 fully saturated rings.